The van der Waals surface area contributed by atoms with E-state index in [9.17, 15) is 4.79 Å². The van der Waals surface area contributed by atoms with E-state index < -0.39 is 0 Å². The minimum atomic E-state index is -0.239. The maximum absolute atomic E-state index is 12.4. The highest BCUT2D eigenvalue weighted by molar-refractivity contribution is 7.12. The first kappa shape index (κ1) is 17.9. The lowest BCUT2D eigenvalue weighted by Crippen LogP contribution is -2.14. The van der Waals surface area contributed by atoms with Gasteiger partial charge in [-0.05, 0) is 37.1 Å². The number of nitrogens with zero attached hydrogens (tertiary/aromatic N) is 5. The van der Waals surface area contributed by atoms with Gasteiger partial charge in [0, 0.05) is 29.1 Å². The van der Waals surface area contributed by atoms with Crippen molar-refractivity contribution in [2.75, 3.05) is 5.32 Å². The molecule has 0 aliphatic rings. The summed E-state index contributed by atoms with van der Waals surface area (Å²) in [5.74, 6) is 0.152. The molecule has 8 heteroatoms. The number of pyridine rings is 1. The van der Waals surface area contributed by atoms with Crippen LogP contribution in [0.1, 0.15) is 21.5 Å². The second-order valence-corrected chi connectivity index (χ2v) is 7.04. The predicted molar refractivity (Wildman–Crippen MR) is 108 cm³/mol. The molecule has 7 nitrogen and oxygen atoms in total. The molecule has 4 rings (SSSR count). The quantitative estimate of drug-likeness (QED) is 0.569. The fourth-order valence-electron chi connectivity index (χ4n) is 2.77. The zero-order valence-corrected chi connectivity index (χ0v) is 16.1. The Balaban J connectivity index is 1.58. The second kappa shape index (κ2) is 7.61. The number of anilines is 1. The number of benzene rings is 1. The summed E-state index contributed by atoms with van der Waals surface area (Å²) in [4.78, 5) is 25.2. The third-order valence-electron chi connectivity index (χ3n) is 4.28. The topological polar surface area (TPSA) is 93.6 Å². The van der Waals surface area contributed by atoms with Crippen molar-refractivity contribution in [3.8, 4) is 21.8 Å². The third kappa shape index (κ3) is 3.63. The standard InChI is InChI=1S/C20H16N6OS/c1-12-3-4-14(20-26-24-11-28-20)7-16(12)17-9-23-18(10-22-17)25-19(27)15-5-6-21-8-13(15)2/h3-11H,1-2H3,(H,23,25,27). The van der Waals surface area contributed by atoms with Gasteiger partial charge in [-0.2, -0.15) is 0 Å². The highest BCUT2D eigenvalue weighted by Crippen LogP contribution is 2.28. The van der Waals surface area contributed by atoms with Gasteiger partial charge in [0.1, 0.15) is 10.5 Å². The molecule has 0 saturated carbocycles. The van der Waals surface area contributed by atoms with Crippen molar-refractivity contribution in [1.82, 2.24) is 25.1 Å². The molecule has 0 atom stereocenters. The molecule has 0 unspecified atom stereocenters. The van der Waals surface area contributed by atoms with Gasteiger partial charge in [0.2, 0.25) is 0 Å². The molecule has 0 saturated heterocycles. The molecule has 0 radical (unpaired) electrons. The molecule has 1 aromatic carbocycles. The Hall–Kier alpha value is -3.52. The van der Waals surface area contributed by atoms with Crippen molar-refractivity contribution < 1.29 is 4.79 Å². The summed E-state index contributed by atoms with van der Waals surface area (Å²) in [6, 6.07) is 7.74. The van der Waals surface area contributed by atoms with Gasteiger partial charge in [-0.3, -0.25) is 14.8 Å². The Bertz CT molecular complexity index is 1130. The number of hydrogen-bond donors (Lipinski definition) is 1. The molecule has 0 bridgehead atoms. The molecule has 0 fully saturated rings. The Morgan fingerprint density at radius 3 is 2.64 bits per heavy atom. The first-order chi connectivity index (χ1) is 13.6. The molecule has 0 aliphatic heterocycles. The third-order valence-corrected chi connectivity index (χ3v) is 5.02. The molecule has 0 aliphatic carbocycles. The Morgan fingerprint density at radius 2 is 1.93 bits per heavy atom. The van der Waals surface area contributed by atoms with Crippen molar-refractivity contribution in [2.24, 2.45) is 0 Å². The summed E-state index contributed by atoms with van der Waals surface area (Å²) >= 11 is 1.48. The molecule has 138 valence electrons. The lowest BCUT2D eigenvalue weighted by Gasteiger charge is -2.09. The van der Waals surface area contributed by atoms with Gasteiger partial charge in [0.05, 0.1) is 18.1 Å². The van der Waals surface area contributed by atoms with Gasteiger partial charge in [0.15, 0.2) is 5.82 Å². The normalized spacial score (nSPS) is 10.6. The Kier molecular flexibility index (Phi) is 4.86. The number of amides is 1. The first-order valence-corrected chi connectivity index (χ1v) is 9.41. The summed E-state index contributed by atoms with van der Waals surface area (Å²) in [7, 11) is 0. The predicted octanol–water partition coefficient (Wildman–Crippen LogP) is 3.93. The fraction of sp³-hybridized carbons (Fsp3) is 0.100. The number of rotatable bonds is 4. The van der Waals surface area contributed by atoms with E-state index in [0.29, 0.717) is 11.4 Å². The summed E-state index contributed by atoms with van der Waals surface area (Å²) < 4.78 is 0. The van der Waals surface area contributed by atoms with E-state index in [1.54, 1.807) is 36.4 Å². The lowest BCUT2D eigenvalue weighted by atomic mass is 10.0. The monoisotopic (exact) mass is 388 g/mol. The van der Waals surface area contributed by atoms with Crippen LogP contribution in [0.25, 0.3) is 21.8 Å². The molecule has 3 aromatic heterocycles. The van der Waals surface area contributed by atoms with Gasteiger partial charge in [-0.25, -0.2) is 4.98 Å². The van der Waals surface area contributed by atoms with Crippen LogP contribution in [0.4, 0.5) is 5.82 Å². The largest absolute Gasteiger partial charge is 0.305 e. The number of aromatic nitrogens is 5. The Labute approximate surface area is 165 Å². The van der Waals surface area contributed by atoms with Crippen LogP contribution < -0.4 is 5.32 Å². The first-order valence-electron chi connectivity index (χ1n) is 8.53. The van der Waals surface area contributed by atoms with Crippen molar-refractivity contribution in [3.05, 3.63) is 71.3 Å². The van der Waals surface area contributed by atoms with E-state index >= 15 is 0 Å². The van der Waals surface area contributed by atoms with Crippen LogP contribution in [0.2, 0.25) is 0 Å². The smallest absolute Gasteiger partial charge is 0.257 e. The lowest BCUT2D eigenvalue weighted by molar-refractivity contribution is 0.102. The molecular formula is C20H16N6OS. The summed E-state index contributed by atoms with van der Waals surface area (Å²) in [6.07, 6.45) is 6.45. The van der Waals surface area contributed by atoms with Gasteiger partial charge in [0.25, 0.3) is 5.91 Å². The molecule has 3 heterocycles. The highest BCUT2D eigenvalue weighted by Gasteiger charge is 2.12. The number of carbonyl (C=O) groups excluding carboxylic acids is 1. The number of carbonyl (C=O) groups is 1. The van der Waals surface area contributed by atoms with Crippen molar-refractivity contribution >= 4 is 23.1 Å². The SMILES string of the molecule is Cc1cnccc1C(=O)Nc1cnc(-c2cc(-c3nncs3)ccc2C)cn1. The van der Waals surface area contributed by atoms with E-state index in [0.717, 1.165) is 33.0 Å². The van der Waals surface area contributed by atoms with Gasteiger partial charge >= 0.3 is 0 Å². The van der Waals surface area contributed by atoms with Crippen molar-refractivity contribution in [1.29, 1.82) is 0 Å². The second-order valence-electron chi connectivity index (χ2n) is 6.21. The van der Waals surface area contributed by atoms with Gasteiger partial charge in [-0.15, -0.1) is 10.2 Å². The molecule has 0 spiro atoms. The Morgan fingerprint density at radius 1 is 1.04 bits per heavy atom. The maximum Gasteiger partial charge on any atom is 0.257 e. The number of nitrogens with one attached hydrogen (secondary N) is 1. The van der Waals surface area contributed by atoms with Crippen LogP contribution in [0, 0.1) is 13.8 Å². The molecule has 1 amide bonds. The highest BCUT2D eigenvalue weighted by atomic mass is 32.1. The van der Waals surface area contributed by atoms with Crippen molar-refractivity contribution in [3.63, 3.8) is 0 Å². The molecular weight excluding hydrogens is 372 g/mol. The van der Waals surface area contributed by atoms with Crippen LogP contribution in [0.3, 0.4) is 0 Å². The molecule has 28 heavy (non-hydrogen) atoms. The zero-order chi connectivity index (χ0) is 19.5. The van der Waals surface area contributed by atoms with Gasteiger partial charge < -0.3 is 5.32 Å². The maximum atomic E-state index is 12.4. The van der Waals surface area contributed by atoms with E-state index in [1.807, 2.05) is 32.0 Å². The number of hydrogen-bond acceptors (Lipinski definition) is 7. The average molecular weight is 388 g/mol. The van der Waals surface area contributed by atoms with Crippen LogP contribution in [-0.4, -0.2) is 31.1 Å². The summed E-state index contributed by atoms with van der Waals surface area (Å²) in [5.41, 5.74) is 6.80. The number of aryl methyl sites for hydroxylation is 2. The van der Waals surface area contributed by atoms with Gasteiger partial charge in [-0.1, -0.05) is 23.5 Å². The van der Waals surface area contributed by atoms with Crippen LogP contribution in [0.5, 0.6) is 0 Å². The van der Waals surface area contributed by atoms with E-state index in [1.165, 1.54) is 11.3 Å². The average Bonchev–Trinajstić information content (AvgIpc) is 3.24. The molecule has 4 aromatic rings. The van der Waals surface area contributed by atoms with E-state index in [2.05, 4.69) is 30.5 Å². The minimum absolute atomic E-state index is 0.239. The zero-order valence-electron chi connectivity index (χ0n) is 15.2. The van der Waals surface area contributed by atoms with Crippen LogP contribution >= 0.6 is 11.3 Å². The molecule has 1 N–H and O–H groups in total. The van der Waals surface area contributed by atoms with Crippen molar-refractivity contribution in [2.45, 2.75) is 13.8 Å². The van der Waals surface area contributed by atoms with Crippen LogP contribution in [-0.2, 0) is 0 Å². The fourth-order valence-corrected chi connectivity index (χ4v) is 3.32. The van der Waals surface area contributed by atoms with Crippen LogP contribution in [0.15, 0.2) is 54.6 Å². The van der Waals surface area contributed by atoms with E-state index in [4.69, 9.17) is 0 Å². The van der Waals surface area contributed by atoms with E-state index in [-0.39, 0.29) is 5.91 Å². The summed E-state index contributed by atoms with van der Waals surface area (Å²) in [6.45, 7) is 3.85. The summed E-state index contributed by atoms with van der Waals surface area (Å²) in [5, 5.41) is 11.6. The minimum Gasteiger partial charge on any atom is -0.305 e.